The fourth-order valence-electron chi connectivity index (χ4n) is 4.31. The molecule has 0 fully saturated rings. The molecule has 0 aliphatic carbocycles. The molecule has 0 aliphatic heterocycles. The normalized spacial score (nSPS) is 12.0. The zero-order chi connectivity index (χ0) is 30.2. The first-order valence-corrected chi connectivity index (χ1v) is 15.5. The van der Waals surface area contributed by atoms with Crippen molar-refractivity contribution >= 4 is 50.7 Å². The first-order valence-electron chi connectivity index (χ1n) is 13.4. The molecule has 0 unspecified atom stereocenters. The van der Waals surface area contributed by atoms with E-state index in [1.54, 1.807) is 68.4 Å². The van der Waals surface area contributed by atoms with Crippen molar-refractivity contribution in [1.82, 2.24) is 10.2 Å². The molecular formula is C30H35Cl2N3O5S. The maximum atomic E-state index is 14.1. The van der Waals surface area contributed by atoms with Crippen molar-refractivity contribution in [2.24, 2.45) is 0 Å². The molecule has 3 rings (SSSR count). The van der Waals surface area contributed by atoms with E-state index in [1.807, 2.05) is 13.8 Å². The van der Waals surface area contributed by atoms with Crippen molar-refractivity contribution < 1.29 is 22.7 Å². The Kier molecular flexibility index (Phi) is 11.5. The summed E-state index contributed by atoms with van der Waals surface area (Å²) >= 11 is 12.9. The van der Waals surface area contributed by atoms with E-state index in [4.69, 9.17) is 27.9 Å². The Bertz CT molecular complexity index is 1430. The molecule has 41 heavy (non-hydrogen) atoms. The Morgan fingerprint density at radius 1 is 0.927 bits per heavy atom. The van der Waals surface area contributed by atoms with E-state index in [0.717, 1.165) is 9.87 Å². The van der Waals surface area contributed by atoms with Gasteiger partial charge in [0.05, 0.1) is 17.2 Å². The first kappa shape index (κ1) is 32.2. The van der Waals surface area contributed by atoms with E-state index >= 15 is 0 Å². The topological polar surface area (TPSA) is 96.0 Å². The fraction of sp³-hybridized carbons (Fsp3) is 0.333. The third-order valence-corrected chi connectivity index (χ3v) is 8.95. The average molecular weight is 621 g/mol. The zero-order valence-corrected chi connectivity index (χ0v) is 25.9. The molecule has 0 bridgehead atoms. The van der Waals surface area contributed by atoms with Gasteiger partial charge < -0.3 is 15.0 Å². The van der Waals surface area contributed by atoms with E-state index in [0.29, 0.717) is 34.5 Å². The summed E-state index contributed by atoms with van der Waals surface area (Å²) in [5.41, 5.74) is 1.62. The fourth-order valence-corrected chi connectivity index (χ4v) is 6.24. The molecule has 0 heterocycles. The highest BCUT2D eigenvalue weighted by molar-refractivity contribution is 7.92. The van der Waals surface area contributed by atoms with Gasteiger partial charge in [0.1, 0.15) is 18.3 Å². The summed E-state index contributed by atoms with van der Waals surface area (Å²) in [7, 11) is -4.18. The second-order valence-electron chi connectivity index (χ2n) is 9.29. The summed E-state index contributed by atoms with van der Waals surface area (Å²) in [5.74, 6) is -0.392. The van der Waals surface area contributed by atoms with Crippen LogP contribution < -0.4 is 14.4 Å². The van der Waals surface area contributed by atoms with Gasteiger partial charge in [-0.2, -0.15) is 0 Å². The predicted octanol–water partition coefficient (Wildman–Crippen LogP) is 5.84. The van der Waals surface area contributed by atoms with E-state index in [1.165, 1.54) is 17.0 Å². The molecule has 2 amide bonds. The Morgan fingerprint density at radius 2 is 1.54 bits per heavy atom. The van der Waals surface area contributed by atoms with Crippen molar-refractivity contribution in [2.75, 3.05) is 24.0 Å². The molecule has 0 radical (unpaired) electrons. The van der Waals surface area contributed by atoms with Crippen molar-refractivity contribution in [1.29, 1.82) is 0 Å². The summed E-state index contributed by atoms with van der Waals surface area (Å²) < 4.78 is 34.5. The minimum Gasteiger partial charge on any atom is -0.494 e. The van der Waals surface area contributed by atoms with Crippen molar-refractivity contribution in [3.05, 3.63) is 87.9 Å². The quantitative estimate of drug-likeness (QED) is 0.259. The van der Waals surface area contributed by atoms with Gasteiger partial charge in [0.15, 0.2) is 0 Å². The van der Waals surface area contributed by atoms with Gasteiger partial charge in [0.2, 0.25) is 11.8 Å². The van der Waals surface area contributed by atoms with Gasteiger partial charge in [-0.3, -0.25) is 13.9 Å². The standard InChI is InChI=1S/C30H35Cl2N3O5S/c1-5-28(30(37)33-6-2)34(19-25-26(31)9-8-10-27(25)32)29(36)20-35(22-13-15-23(16-14-22)40-7-3)41(38,39)24-17-11-21(4)12-18-24/h8-18,28H,5-7,19-20H2,1-4H3,(H,33,37)/t28-/m0/s1. The number of ether oxygens (including phenoxy) is 1. The molecule has 0 aliphatic rings. The minimum absolute atomic E-state index is 0.0289. The summed E-state index contributed by atoms with van der Waals surface area (Å²) in [6, 6.07) is 16.9. The smallest absolute Gasteiger partial charge is 0.264 e. The van der Waals surface area contributed by atoms with E-state index < -0.39 is 28.5 Å². The van der Waals surface area contributed by atoms with E-state index in [-0.39, 0.29) is 29.5 Å². The summed E-state index contributed by atoms with van der Waals surface area (Å²) in [6.45, 7) is 7.42. The molecule has 11 heteroatoms. The van der Waals surface area contributed by atoms with Crippen molar-refractivity contribution in [3.63, 3.8) is 0 Å². The van der Waals surface area contributed by atoms with Crippen LogP contribution in [0.25, 0.3) is 0 Å². The zero-order valence-electron chi connectivity index (χ0n) is 23.6. The van der Waals surface area contributed by atoms with Gasteiger partial charge >= 0.3 is 0 Å². The molecule has 3 aromatic carbocycles. The average Bonchev–Trinajstić information content (AvgIpc) is 2.94. The van der Waals surface area contributed by atoms with E-state index in [9.17, 15) is 18.0 Å². The number of nitrogens with zero attached hydrogens (tertiary/aromatic N) is 2. The van der Waals surface area contributed by atoms with Crippen molar-refractivity contribution in [3.8, 4) is 5.75 Å². The highest BCUT2D eigenvalue weighted by Gasteiger charge is 2.34. The van der Waals surface area contributed by atoms with Crippen LogP contribution in [-0.4, -0.2) is 50.9 Å². The number of nitrogens with one attached hydrogen (secondary N) is 1. The number of halogens is 2. The SMILES string of the molecule is CCNC(=O)[C@H](CC)N(Cc1c(Cl)cccc1Cl)C(=O)CN(c1ccc(OCC)cc1)S(=O)(=O)c1ccc(C)cc1. The Balaban J connectivity index is 2.10. The highest BCUT2D eigenvalue weighted by Crippen LogP contribution is 2.29. The largest absolute Gasteiger partial charge is 0.494 e. The lowest BCUT2D eigenvalue weighted by Gasteiger charge is -2.33. The second kappa shape index (κ2) is 14.6. The van der Waals surface area contributed by atoms with Gasteiger partial charge in [-0.25, -0.2) is 8.42 Å². The van der Waals surface area contributed by atoms with Gasteiger partial charge in [0.25, 0.3) is 10.0 Å². The number of anilines is 1. The number of sulfonamides is 1. The molecule has 220 valence electrons. The molecule has 0 saturated heterocycles. The highest BCUT2D eigenvalue weighted by atomic mass is 35.5. The lowest BCUT2D eigenvalue weighted by Crippen LogP contribution is -2.52. The molecule has 1 atom stereocenters. The molecule has 0 spiro atoms. The van der Waals surface area contributed by atoms with Gasteiger partial charge in [-0.05, 0) is 75.7 Å². The third-order valence-electron chi connectivity index (χ3n) is 6.45. The molecule has 0 saturated carbocycles. The van der Waals surface area contributed by atoms with Crippen LogP contribution in [-0.2, 0) is 26.2 Å². The Morgan fingerprint density at radius 3 is 2.07 bits per heavy atom. The molecule has 3 aromatic rings. The number of benzene rings is 3. The van der Waals surface area contributed by atoms with Crippen LogP contribution >= 0.6 is 23.2 Å². The molecule has 0 aromatic heterocycles. The summed E-state index contributed by atoms with van der Waals surface area (Å²) in [6.07, 6.45) is 0.285. The van der Waals surface area contributed by atoms with Crippen LogP contribution in [0.15, 0.2) is 71.6 Å². The number of likely N-dealkylation sites (N-methyl/N-ethyl adjacent to an activating group) is 1. The van der Waals surface area contributed by atoms with Gasteiger partial charge in [-0.1, -0.05) is 53.9 Å². The maximum absolute atomic E-state index is 14.1. The lowest BCUT2D eigenvalue weighted by molar-refractivity contribution is -0.140. The van der Waals surface area contributed by atoms with Crippen LogP contribution in [0.5, 0.6) is 5.75 Å². The van der Waals surface area contributed by atoms with Crippen LogP contribution in [0.1, 0.15) is 38.3 Å². The van der Waals surface area contributed by atoms with Gasteiger partial charge in [-0.15, -0.1) is 0 Å². The van der Waals surface area contributed by atoms with Crippen LogP contribution in [0.3, 0.4) is 0 Å². The summed E-state index contributed by atoms with van der Waals surface area (Å²) in [4.78, 5) is 28.5. The monoisotopic (exact) mass is 619 g/mol. The predicted molar refractivity (Wildman–Crippen MR) is 163 cm³/mol. The number of carbonyl (C=O) groups excluding carboxylic acids is 2. The number of hydrogen-bond donors (Lipinski definition) is 1. The minimum atomic E-state index is -4.18. The number of hydrogen-bond acceptors (Lipinski definition) is 5. The molecular weight excluding hydrogens is 585 g/mol. The number of amides is 2. The molecule has 8 nitrogen and oxygen atoms in total. The van der Waals surface area contributed by atoms with Crippen LogP contribution in [0.4, 0.5) is 5.69 Å². The van der Waals surface area contributed by atoms with Crippen LogP contribution in [0.2, 0.25) is 10.0 Å². The summed E-state index contributed by atoms with van der Waals surface area (Å²) in [5, 5.41) is 3.43. The first-order chi connectivity index (χ1) is 19.5. The number of rotatable bonds is 13. The number of aryl methyl sites for hydroxylation is 1. The second-order valence-corrected chi connectivity index (χ2v) is 12.0. The lowest BCUT2D eigenvalue weighted by atomic mass is 10.1. The Hall–Kier alpha value is -3.27. The van der Waals surface area contributed by atoms with E-state index in [2.05, 4.69) is 5.32 Å². The number of carbonyl (C=O) groups is 2. The van der Waals surface area contributed by atoms with Gasteiger partial charge in [0, 0.05) is 28.7 Å². The van der Waals surface area contributed by atoms with Crippen molar-refractivity contribution in [2.45, 2.75) is 51.6 Å². The maximum Gasteiger partial charge on any atom is 0.264 e. The van der Waals surface area contributed by atoms with Crippen LogP contribution in [0, 0.1) is 6.92 Å². The third kappa shape index (κ3) is 7.93. The Labute approximate surface area is 252 Å². The molecule has 1 N–H and O–H groups in total.